The van der Waals surface area contributed by atoms with E-state index in [1.165, 1.54) is 11.8 Å². The average molecular weight is 449 g/mol. The molecule has 0 amide bonds. The summed E-state index contributed by atoms with van der Waals surface area (Å²) in [6.45, 7) is 0. The molecular weight excluding hydrogens is 432 g/mol. The van der Waals surface area contributed by atoms with Gasteiger partial charge < -0.3 is 9.97 Å². The number of fused-ring (bicyclic) bond motifs is 2. The minimum Gasteiger partial charge on any atom is -0.360 e. The maximum absolute atomic E-state index is 12.4. The van der Waals surface area contributed by atoms with Crippen LogP contribution in [0.4, 0.5) is 0 Å². The Balaban J connectivity index is 1.35. The molecule has 0 unspecified atom stereocenters. The number of aromatic amines is 2. The molecule has 2 N–H and O–H groups in total. The summed E-state index contributed by atoms with van der Waals surface area (Å²) in [6.07, 6.45) is 4.23. The third kappa shape index (κ3) is 3.32. The fourth-order valence-electron chi connectivity index (χ4n) is 3.84. The molecule has 3 heterocycles. The van der Waals surface area contributed by atoms with Crippen LogP contribution in [-0.2, 0) is 5.75 Å². The number of halogens is 1. The summed E-state index contributed by atoms with van der Waals surface area (Å²) in [5, 5.41) is 12.0. The predicted molar refractivity (Wildman–Crippen MR) is 123 cm³/mol. The zero-order chi connectivity index (χ0) is 20.9. The van der Waals surface area contributed by atoms with Crippen molar-refractivity contribution in [2.45, 2.75) is 29.8 Å². The molecule has 0 spiro atoms. The Morgan fingerprint density at radius 3 is 2.87 bits per heavy atom. The molecule has 9 heteroatoms. The van der Waals surface area contributed by atoms with Gasteiger partial charge in [0.05, 0.1) is 16.7 Å². The number of hydrogen-bond donors (Lipinski definition) is 2. The van der Waals surface area contributed by atoms with Crippen molar-refractivity contribution >= 4 is 45.2 Å². The van der Waals surface area contributed by atoms with E-state index in [9.17, 15) is 4.79 Å². The number of thioether (sulfide) groups is 1. The van der Waals surface area contributed by atoms with Gasteiger partial charge in [-0.05, 0) is 37.1 Å². The lowest BCUT2D eigenvalue weighted by atomic mass is 10.1. The molecule has 1 fully saturated rings. The predicted octanol–water partition coefficient (Wildman–Crippen LogP) is 4.94. The van der Waals surface area contributed by atoms with Gasteiger partial charge in [0.15, 0.2) is 11.0 Å². The van der Waals surface area contributed by atoms with Crippen molar-refractivity contribution < 1.29 is 0 Å². The zero-order valence-electron chi connectivity index (χ0n) is 16.3. The van der Waals surface area contributed by atoms with Crippen molar-refractivity contribution in [1.82, 2.24) is 29.7 Å². The zero-order valence-corrected chi connectivity index (χ0v) is 17.9. The highest BCUT2D eigenvalue weighted by Gasteiger charge is 2.31. The summed E-state index contributed by atoms with van der Waals surface area (Å²) in [7, 11) is 0. The van der Waals surface area contributed by atoms with E-state index in [4.69, 9.17) is 11.6 Å². The van der Waals surface area contributed by atoms with Gasteiger partial charge in [0.2, 0.25) is 0 Å². The van der Waals surface area contributed by atoms with Gasteiger partial charge in [0.25, 0.3) is 5.56 Å². The second-order valence-electron chi connectivity index (χ2n) is 7.62. The molecule has 5 aromatic rings. The second kappa shape index (κ2) is 7.25. The molecule has 1 saturated carbocycles. The highest BCUT2D eigenvalue weighted by Crippen LogP contribution is 2.42. The van der Waals surface area contributed by atoms with E-state index in [0.29, 0.717) is 33.5 Å². The number of rotatable bonds is 5. The molecule has 2 aromatic carbocycles. The van der Waals surface area contributed by atoms with Gasteiger partial charge in [-0.1, -0.05) is 41.6 Å². The van der Waals surface area contributed by atoms with E-state index in [0.717, 1.165) is 40.3 Å². The van der Waals surface area contributed by atoms with E-state index in [2.05, 4.69) is 41.8 Å². The van der Waals surface area contributed by atoms with Crippen LogP contribution in [0, 0.1) is 0 Å². The normalized spacial score (nSPS) is 14.0. The summed E-state index contributed by atoms with van der Waals surface area (Å²) >= 11 is 7.60. The van der Waals surface area contributed by atoms with Gasteiger partial charge in [-0.2, -0.15) is 0 Å². The highest BCUT2D eigenvalue weighted by molar-refractivity contribution is 7.98. The fourth-order valence-corrected chi connectivity index (χ4v) is 4.88. The second-order valence-corrected chi connectivity index (χ2v) is 9.00. The van der Waals surface area contributed by atoms with E-state index in [-0.39, 0.29) is 5.56 Å². The van der Waals surface area contributed by atoms with Crippen LogP contribution in [0.3, 0.4) is 0 Å². The Bertz CT molecular complexity index is 1500. The van der Waals surface area contributed by atoms with Crippen LogP contribution in [0.5, 0.6) is 0 Å². The molecule has 7 nitrogen and oxygen atoms in total. The lowest BCUT2D eigenvalue weighted by Gasteiger charge is -2.08. The van der Waals surface area contributed by atoms with Crippen LogP contribution in [0.2, 0.25) is 5.02 Å². The summed E-state index contributed by atoms with van der Waals surface area (Å²) < 4.78 is 2.22. The van der Waals surface area contributed by atoms with Gasteiger partial charge in [0.1, 0.15) is 5.82 Å². The third-order valence-corrected chi connectivity index (χ3v) is 6.65. The van der Waals surface area contributed by atoms with Crippen molar-refractivity contribution in [3.8, 4) is 11.4 Å². The first-order valence-corrected chi connectivity index (χ1v) is 11.4. The molecule has 1 aliphatic carbocycles. The number of nitrogens with one attached hydrogen (secondary N) is 2. The number of hydrogen-bond acceptors (Lipinski definition) is 5. The Morgan fingerprint density at radius 1 is 1.13 bits per heavy atom. The Labute approximate surface area is 185 Å². The van der Waals surface area contributed by atoms with Crippen LogP contribution in [0.1, 0.15) is 24.7 Å². The molecule has 1 aliphatic rings. The smallest absolute Gasteiger partial charge is 0.258 e. The molecule has 154 valence electrons. The standard InChI is InChI=1S/C22H17ClN6OS/c23-12-5-8-15-18(9-12)25-19(26-21(15)30)11-31-22-28-27-20(29(22)13-6-7-13)16-10-24-17-4-2-1-3-14(16)17/h1-5,8-10,13,24H,6-7,11H2,(H,25,26,30). The lowest BCUT2D eigenvalue weighted by Crippen LogP contribution is -2.11. The Kier molecular flexibility index (Phi) is 4.36. The van der Waals surface area contributed by atoms with E-state index >= 15 is 0 Å². The van der Waals surface area contributed by atoms with Crippen LogP contribution >= 0.6 is 23.4 Å². The number of benzene rings is 2. The monoisotopic (exact) mass is 448 g/mol. The molecule has 0 bridgehead atoms. The largest absolute Gasteiger partial charge is 0.360 e. The maximum atomic E-state index is 12.4. The number of aromatic nitrogens is 6. The van der Waals surface area contributed by atoms with Crippen molar-refractivity contribution in [2.75, 3.05) is 0 Å². The quantitative estimate of drug-likeness (QED) is 0.371. The van der Waals surface area contributed by atoms with Crippen LogP contribution in [0.15, 0.2) is 58.6 Å². The van der Waals surface area contributed by atoms with Gasteiger partial charge in [0, 0.05) is 33.7 Å². The first-order chi connectivity index (χ1) is 15.2. The number of para-hydroxylation sites is 1. The van der Waals surface area contributed by atoms with Crippen LogP contribution in [0.25, 0.3) is 33.2 Å². The molecule has 0 aliphatic heterocycles. The van der Waals surface area contributed by atoms with Crippen molar-refractivity contribution in [2.24, 2.45) is 0 Å². The minimum absolute atomic E-state index is 0.166. The van der Waals surface area contributed by atoms with Gasteiger partial charge in [-0.25, -0.2) is 4.98 Å². The SMILES string of the molecule is O=c1[nH]c(CSc2nnc(-c3c[nH]c4ccccc34)n2C2CC2)nc2cc(Cl)ccc12. The fraction of sp³-hybridized carbons (Fsp3) is 0.182. The van der Waals surface area contributed by atoms with Gasteiger partial charge in [-0.3, -0.25) is 9.36 Å². The molecule has 3 aromatic heterocycles. The topological polar surface area (TPSA) is 92.3 Å². The van der Waals surface area contributed by atoms with Crippen molar-refractivity contribution in [3.05, 3.63) is 69.9 Å². The molecular formula is C22H17ClN6OS. The van der Waals surface area contributed by atoms with Crippen LogP contribution < -0.4 is 5.56 Å². The Hall–Kier alpha value is -3.10. The molecule has 31 heavy (non-hydrogen) atoms. The number of H-pyrrole nitrogens is 2. The maximum Gasteiger partial charge on any atom is 0.258 e. The van der Waals surface area contributed by atoms with Crippen molar-refractivity contribution in [1.29, 1.82) is 0 Å². The van der Waals surface area contributed by atoms with Crippen LogP contribution in [-0.4, -0.2) is 29.7 Å². The molecule has 0 saturated heterocycles. The third-order valence-electron chi connectivity index (χ3n) is 5.46. The number of nitrogens with zero attached hydrogens (tertiary/aromatic N) is 4. The highest BCUT2D eigenvalue weighted by atomic mass is 35.5. The first kappa shape index (κ1) is 18.7. The molecule has 0 radical (unpaired) electrons. The van der Waals surface area contributed by atoms with E-state index in [1.807, 2.05) is 18.3 Å². The van der Waals surface area contributed by atoms with Crippen molar-refractivity contribution in [3.63, 3.8) is 0 Å². The van der Waals surface area contributed by atoms with Gasteiger partial charge in [-0.15, -0.1) is 10.2 Å². The summed E-state index contributed by atoms with van der Waals surface area (Å²) in [5.41, 5.74) is 2.55. The van der Waals surface area contributed by atoms with Gasteiger partial charge >= 0.3 is 0 Å². The van der Waals surface area contributed by atoms with E-state index < -0.39 is 0 Å². The summed E-state index contributed by atoms with van der Waals surface area (Å²) in [6, 6.07) is 13.7. The molecule has 0 atom stereocenters. The lowest BCUT2D eigenvalue weighted by molar-refractivity contribution is 0.669. The first-order valence-electron chi connectivity index (χ1n) is 10.00. The van der Waals surface area contributed by atoms with E-state index in [1.54, 1.807) is 18.2 Å². The minimum atomic E-state index is -0.166. The summed E-state index contributed by atoms with van der Waals surface area (Å²) in [5.74, 6) is 1.94. The summed E-state index contributed by atoms with van der Waals surface area (Å²) in [4.78, 5) is 23.2. The Morgan fingerprint density at radius 2 is 2.00 bits per heavy atom. The average Bonchev–Trinajstić information content (AvgIpc) is 3.38. The molecule has 6 rings (SSSR count).